The lowest BCUT2D eigenvalue weighted by atomic mass is 10.2. The summed E-state index contributed by atoms with van der Waals surface area (Å²) in [6.45, 7) is 1.96. The maximum Gasteiger partial charge on any atom is 0.0449 e. The Morgan fingerprint density at radius 1 is 1.06 bits per heavy atom. The molecule has 3 nitrogen and oxygen atoms in total. The molecule has 0 aliphatic carbocycles. The van der Waals surface area contributed by atoms with Crippen LogP contribution in [0.1, 0.15) is 12.0 Å². The molecule has 3 heteroatoms. The maximum atomic E-state index is 8.66. The van der Waals surface area contributed by atoms with Gasteiger partial charge in [0, 0.05) is 31.2 Å². The smallest absolute Gasteiger partial charge is 0.0449 e. The highest BCUT2D eigenvalue weighted by Gasteiger charge is 1.95. The van der Waals surface area contributed by atoms with Crippen molar-refractivity contribution in [2.24, 2.45) is 0 Å². The number of rotatable bonds is 6. The van der Waals surface area contributed by atoms with Gasteiger partial charge in [-0.25, -0.2) is 0 Å². The van der Waals surface area contributed by atoms with Gasteiger partial charge in [-0.1, -0.05) is 12.1 Å². The van der Waals surface area contributed by atoms with E-state index >= 15 is 0 Å². The third kappa shape index (κ3) is 3.44. The highest BCUT2D eigenvalue weighted by molar-refractivity contribution is 5.35. The van der Waals surface area contributed by atoms with Gasteiger partial charge in [-0.05, 0) is 42.8 Å². The van der Waals surface area contributed by atoms with Crippen LogP contribution in [0, 0.1) is 0 Å². The fourth-order valence-electron chi connectivity index (χ4n) is 1.73. The van der Waals surface area contributed by atoms with Gasteiger partial charge in [0.05, 0.1) is 0 Å². The third-order valence-corrected chi connectivity index (χ3v) is 2.68. The van der Waals surface area contributed by atoms with Crippen molar-refractivity contribution in [3.63, 3.8) is 0 Å². The number of aromatic nitrogens is 1. The zero-order valence-corrected chi connectivity index (χ0v) is 9.84. The van der Waals surface area contributed by atoms with Gasteiger partial charge >= 0.3 is 0 Å². The van der Waals surface area contributed by atoms with Crippen LogP contribution in [0.5, 0.6) is 0 Å². The SMILES string of the molecule is OCCCNCc1ccc(-n2cccc2)cc1. The maximum absolute atomic E-state index is 8.66. The van der Waals surface area contributed by atoms with E-state index in [9.17, 15) is 0 Å². The molecular weight excluding hydrogens is 212 g/mol. The molecule has 0 aliphatic rings. The number of nitrogens with one attached hydrogen (secondary N) is 1. The van der Waals surface area contributed by atoms with E-state index in [0.717, 1.165) is 19.5 Å². The molecule has 1 aromatic carbocycles. The van der Waals surface area contributed by atoms with Gasteiger partial charge in [0.2, 0.25) is 0 Å². The summed E-state index contributed by atoms with van der Waals surface area (Å²) < 4.78 is 2.09. The zero-order chi connectivity index (χ0) is 11.9. The Morgan fingerprint density at radius 2 is 1.76 bits per heavy atom. The molecule has 2 N–H and O–H groups in total. The molecule has 0 atom stereocenters. The summed E-state index contributed by atoms with van der Waals surface area (Å²) in [5, 5.41) is 12.0. The van der Waals surface area contributed by atoms with Gasteiger partial charge in [-0.3, -0.25) is 0 Å². The quantitative estimate of drug-likeness (QED) is 0.744. The average molecular weight is 230 g/mol. The van der Waals surface area contributed by atoms with Crippen molar-refractivity contribution >= 4 is 0 Å². The van der Waals surface area contributed by atoms with Crippen molar-refractivity contribution in [1.29, 1.82) is 0 Å². The Bertz CT molecular complexity index is 420. The van der Waals surface area contributed by atoms with Crippen molar-refractivity contribution in [2.75, 3.05) is 13.2 Å². The van der Waals surface area contributed by atoms with E-state index in [4.69, 9.17) is 5.11 Å². The Morgan fingerprint density at radius 3 is 2.41 bits per heavy atom. The van der Waals surface area contributed by atoms with E-state index in [-0.39, 0.29) is 6.61 Å². The van der Waals surface area contributed by atoms with Crippen LogP contribution in [0.4, 0.5) is 0 Å². The zero-order valence-electron chi connectivity index (χ0n) is 9.84. The van der Waals surface area contributed by atoms with E-state index in [1.54, 1.807) is 0 Å². The molecule has 0 amide bonds. The van der Waals surface area contributed by atoms with Gasteiger partial charge < -0.3 is 15.0 Å². The summed E-state index contributed by atoms with van der Waals surface area (Å²) in [6, 6.07) is 12.5. The molecule has 0 spiro atoms. The largest absolute Gasteiger partial charge is 0.396 e. The van der Waals surface area contributed by atoms with E-state index in [2.05, 4.69) is 34.1 Å². The molecule has 2 aromatic rings. The van der Waals surface area contributed by atoms with Crippen LogP contribution in [0.15, 0.2) is 48.8 Å². The molecule has 17 heavy (non-hydrogen) atoms. The van der Waals surface area contributed by atoms with Crippen LogP contribution in [-0.2, 0) is 6.54 Å². The first-order chi connectivity index (χ1) is 8.40. The van der Waals surface area contributed by atoms with Crippen molar-refractivity contribution in [1.82, 2.24) is 9.88 Å². The standard InChI is InChI=1S/C14H18N2O/c17-11-3-8-15-12-13-4-6-14(7-5-13)16-9-1-2-10-16/h1-2,4-7,9-10,15,17H,3,8,11-12H2. The minimum Gasteiger partial charge on any atom is -0.396 e. The van der Waals surface area contributed by atoms with Crippen LogP contribution in [0.2, 0.25) is 0 Å². The molecule has 90 valence electrons. The molecule has 0 saturated heterocycles. The normalized spacial score (nSPS) is 10.6. The van der Waals surface area contributed by atoms with Crippen LogP contribution >= 0.6 is 0 Å². The number of nitrogens with zero attached hydrogens (tertiary/aromatic N) is 1. The van der Waals surface area contributed by atoms with Gasteiger partial charge in [-0.15, -0.1) is 0 Å². The number of hydrogen-bond donors (Lipinski definition) is 2. The van der Waals surface area contributed by atoms with Gasteiger partial charge in [0.15, 0.2) is 0 Å². The van der Waals surface area contributed by atoms with E-state index in [1.165, 1.54) is 11.3 Å². The number of hydrogen-bond acceptors (Lipinski definition) is 2. The van der Waals surface area contributed by atoms with Crippen LogP contribution in [0.3, 0.4) is 0 Å². The lowest BCUT2D eigenvalue weighted by Gasteiger charge is -2.06. The van der Waals surface area contributed by atoms with Crippen LogP contribution in [0.25, 0.3) is 5.69 Å². The minimum absolute atomic E-state index is 0.250. The average Bonchev–Trinajstić information content (AvgIpc) is 2.89. The summed E-state index contributed by atoms with van der Waals surface area (Å²) >= 11 is 0. The van der Waals surface area contributed by atoms with Crippen molar-refractivity contribution in [3.05, 3.63) is 54.4 Å². The first-order valence-electron chi connectivity index (χ1n) is 5.94. The molecule has 1 aromatic heterocycles. The fraction of sp³-hybridized carbons (Fsp3) is 0.286. The molecule has 0 fully saturated rings. The molecule has 0 radical (unpaired) electrons. The number of benzene rings is 1. The minimum atomic E-state index is 0.250. The number of aliphatic hydroxyl groups is 1. The Kier molecular flexibility index (Phi) is 4.36. The molecule has 1 heterocycles. The lowest BCUT2D eigenvalue weighted by Crippen LogP contribution is -2.15. The van der Waals surface area contributed by atoms with E-state index in [1.807, 2.05) is 24.5 Å². The van der Waals surface area contributed by atoms with E-state index < -0.39 is 0 Å². The first-order valence-corrected chi connectivity index (χ1v) is 5.94. The van der Waals surface area contributed by atoms with Gasteiger partial charge in [0.25, 0.3) is 0 Å². The third-order valence-electron chi connectivity index (χ3n) is 2.68. The first kappa shape index (κ1) is 11.9. The second kappa shape index (κ2) is 6.23. The highest BCUT2D eigenvalue weighted by atomic mass is 16.3. The topological polar surface area (TPSA) is 37.2 Å². The predicted octanol–water partition coefficient (Wildman–Crippen LogP) is 1.95. The molecule has 0 aliphatic heterocycles. The Labute approximate surface area is 102 Å². The summed E-state index contributed by atoms with van der Waals surface area (Å²) in [7, 11) is 0. The summed E-state index contributed by atoms with van der Waals surface area (Å²) in [5.41, 5.74) is 2.44. The summed E-state index contributed by atoms with van der Waals surface area (Å²) in [4.78, 5) is 0. The summed E-state index contributed by atoms with van der Waals surface area (Å²) in [5.74, 6) is 0. The monoisotopic (exact) mass is 230 g/mol. The molecule has 0 unspecified atom stereocenters. The van der Waals surface area contributed by atoms with Crippen LogP contribution < -0.4 is 5.32 Å². The molecule has 0 saturated carbocycles. The van der Waals surface area contributed by atoms with Crippen LogP contribution in [-0.4, -0.2) is 22.8 Å². The fourth-order valence-corrected chi connectivity index (χ4v) is 1.73. The van der Waals surface area contributed by atoms with Gasteiger partial charge in [-0.2, -0.15) is 0 Å². The predicted molar refractivity (Wildman–Crippen MR) is 69.2 cm³/mol. The second-order valence-corrected chi connectivity index (χ2v) is 4.01. The van der Waals surface area contributed by atoms with Gasteiger partial charge in [0.1, 0.15) is 0 Å². The van der Waals surface area contributed by atoms with E-state index in [0.29, 0.717) is 0 Å². The second-order valence-electron chi connectivity index (χ2n) is 4.01. The molecule has 2 rings (SSSR count). The number of aliphatic hydroxyl groups excluding tert-OH is 1. The van der Waals surface area contributed by atoms with Crippen molar-refractivity contribution < 1.29 is 5.11 Å². The molecule has 0 bridgehead atoms. The Balaban J connectivity index is 1.90. The summed E-state index contributed by atoms with van der Waals surface area (Å²) in [6.07, 6.45) is 4.88. The van der Waals surface area contributed by atoms with Crippen molar-refractivity contribution in [2.45, 2.75) is 13.0 Å². The van der Waals surface area contributed by atoms with Crippen molar-refractivity contribution in [3.8, 4) is 5.69 Å². The molecular formula is C14H18N2O. The highest BCUT2D eigenvalue weighted by Crippen LogP contribution is 2.09. The Hall–Kier alpha value is -1.58. The lowest BCUT2D eigenvalue weighted by molar-refractivity contribution is 0.286.